The van der Waals surface area contributed by atoms with Gasteiger partial charge in [0.1, 0.15) is 6.07 Å². The van der Waals surface area contributed by atoms with E-state index in [4.69, 9.17) is 16.9 Å². The number of hydrogen-bond acceptors (Lipinski definition) is 3. The Hall–Kier alpha value is -2.72. The fourth-order valence-electron chi connectivity index (χ4n) is 3.47. The fraction of sp³-hybridized carbons (Fsp3) is 0.300. The second kappa shape index (κ2) is 7.72. The minimum atomic E-state index is -4.52. The lowest BCUT2D eigenvalue weighted by Crippen LogP contribution is -2.26. The molecule has 1 fully saturated rings. The molecule has 1 aliphatic heterocycles. The van der Waals surface area contributed by atoms with Crippen LogP contribution in [-0.4, -0.2) is 24.4 Å². The van der Waals surface area contributed by atoms with Crippen molar-refractivity contribution in [3.05, 3.63) is 64.2 Å². The topological polar surface area (TPSA) is 56.1 Å². The van der Waals surface area contributed by atoms with Gasteiger partial charge in [-0.25, -0.2) is 0 Å². The molecule has 4 nitrogen and oxygen atoms in total. The van der Waals surface area contributed by atoms with Crippen LogP contribution in [0.1, 0.15) is 29.2 Å². The molecule has 146 valence electrons. The summed E-state index contributed by atoms with van der Waals surface area (Å²) in [5, 5.41) is 12.3. The van der Waals surface area contributed by atoms with E-state index in [-0.39, 0.29) is 34.4 Å². The quantitative estimate of drug-likeness (QED) is 0.787. The van der Waals surface area contributed by atoms with Crippen LogP contribution in [0.15, 0.2) is 42.5 Å². The van der Waals surface area contributed by atoms with Crippen molar-refractivity contribution >= 4 is 23.2 Å². The Balaban J connectivity index is 2.03. The molecular formula is C20H17ClF3N3O. The Morgan fingerprint density at radius 3 is 2.57 bits per heavy atom. The average Bonchev–Trinajstić information content (AvgIpc) is 2.97. The number of carbonyl (C=O) groups is 1. The summed E-state index contributed by atoms with van der Waals surface area (Å²) in [6.07, 6.45) is -4.38. The van der Waals surface area contributed by atoms with Gasteiger partial charge in [0.05, 0.1) is 22.2 Å². The summed E-state index contributed by atoms with van der Waals surface area (Å²) < 4.78 is 40.8. The highest BCUT2D eigenvalue weighted by atomic mass is 35.5. The van der Waals surface area contributed by atoms with E-state index in [2.05, 4.69) is 5.32 Å². The van der Waals surface area contributed by atoms with Crippen molar-refractivity contribution in [3.63, 3.8) is 0 Å². The Bertz CT molecular complexity index is 939. The van der Waals surface area contributed by atoms with Crippen LogP contribution >= 0.6 is 11.6 Å². The first-order valence-corrected chi connectivity index (χ1v) is 8.94. The molecule has 2 aromatic rings. The monoisotopic (exact) mass is 407 g/mol. The molecule has 3 rings (SSSR count). The second-order valence-electron chi connectivity index (χ2n) is 6.75. The summed E-state index contributed by atoms with van der Waals surface area (Å²) in [5.74, 6) is -0.463. The number of nitrogens with one attached hydrogen (secondary N) is 1. The number of anilines is 1. The van der Waals surface area contributed by atoms with E-state index in [9.17, 15) is 18.0 Å². The number of nitrogens with zero attached hydrogens (tertiary/aromatic N) is 2. The minimum absolute atomic E-state index is 0.0728. The summed E-state index contributed by atoms with van der Waals surface area (Å²) in [6, 6.07) is 11.1. The molecule has 2 atom stereocenters. The Labute approximate surface area is 165 Å². The number of hydrogen-bond donors (Lipinski definition) is 1. The van der Waals surface area contributed by atoms with Crippen LogP contribution in [0.3, 0.4) is 0 Å². The van der Waals surface area contributed by atoms with Crippen LogP contribution in [0.25, 0.3) is 0 Å². The summed E-state index contributed by atoms with van der Waals surface area (Å²) in [5.41, 5.74) is 0.0843. The zero-order valence-corrected chi connectivity index (χ0v) is 15.7. The second-order valence-corrected chi connectivity index (χ2v) is 7.16. The molecule has 0 radical (unpaired) electrons. The first kappa shape index (κ1) is 20.0. The van der Waals surface area contributed by atoms with Crippen LogP contribution in [0.4, 0.5) is 18.9 Å². The maximum absolute atomic E-state index is 13.6. The van der Waals surface area contributed by atoms with Crippen LogP contribution in [-0.2, 0) is 11.0 Å². The first-order valence-electron chi connectivity index (χ1n) is 8.57. The van der Waals surface area contributed by atoms with E-state index in [1.54, 1.807) is 19.2 Å². The van der Waals surface area contributed by atoms with E-state index in [1.165, 1.54) is 29.2 Å². The number of rotatable bonds is 4. The van der Waals surface area contributed by atoms with Gasteiger partial charge in [-0.3, -0.25) is 4.79 Å². The zero-order chi connectivity index (χ0) is 20.5. The lowest BCUT2D eigenvalue weighted by molar-refractivity contribution is -0.138. The van der Waals surface area contributed by atoms with Gasteiger partial charge in [-0.15, -0.1) is 0 Å². The van der Waals surface area contributed by atoms with Crippen LogP contribution in [0.5, 0.6) is 0 Å². The number of halogens is 4. The molecule has 0 saturated carbocycles. The van der Waals surface area contributed by atoms with Gasteiger partial charge in [-0.1, -0.05) is 29.8 Å². The van der Waals surface area contributed by atoms with E-state index < -0.39 is 17.8 Å². The number of amides is 1. The van der Waals surface area contributed by atoms with Gasteiger partial charge < -0.3 is 10.2 Å². The smallest absolute Gasteiger partial charge is 0.378 e. The molecule has 1 unspecified atom stereocenters. The third-order valence-corrected chi connectivity index (χ3v) is 5.17. The Kier molecular flexibility index (Phi) is 5.52. The maximum atomic E-state index is 13.6. The van der Waals surface area contributed by atoms with E-state index >= 15 is 0 Å². The van der Waals surface area contributed by atoms with Gasteiger partial charge >= 0.3 is 6.18 Å². The molecule has 0 bridgehead atoms. The van der Waals surface area contributed by atoms with Gasteiger partial charge in [0.2, 0.25) is 5.91 Å². The number of nitriles is 1. The van der Waals surface area contributed by atoms with Crippen molar-refractivity contribution in [2.75, 3.05) is 18.9 Å². The number of benzene rings is 2. The Morgan fingerprint density at radius 1 is 1.29 bits per heavy atom. The van der Waals surface area contributed by atoms with Crippen LogP contribution in [0, 0.1) is 17.2 Å². The first-order chi connectivity index (χ1) is 13.2. The van der Waals surface area contributed by atoms with Gasteiger partial charge in [-0.05, 0) is 29.8 Å². The molecule has 28 heavy (non-hydrogen) atoms. The molecule has 8 heteroatoms. The summed E-state index contributed by atoms with van der Waals surface area (Å²) >= 11 is 6.06. The minimum Gasteiger partial charge on any atom is -0.378 e. The predicted octanol–water partition coefficient (Wildman–Crippen LogP) is 4.86. The molecule has 1 amide bonds. The number of carbonyl (C=O) groups excluding carboxylic acids is 1. The van der Waals surface area contributed by atoms with Crippen LogP contribution in [0.2, 0.25) is 5.02 Å². The fourth-order valence-corrected chi connectivity index (χ4v) is 3.70. The van der Waals surface area contributed by atoms with Gasteiger partial charge in [-0.2, -0.15) is 18.4 Å². The number of likely N-dealkylation sites (tertiary alicyclic amines) is 1. The molecule has 2 aromatic carbocycles. The lowest BCUT2D eigenvalue weighted by Gasteiger charge is -2.28. The molecule has 0 aliphatic carbocycles. The summed E-state index contributed by atoms with van der Waals surface area (Å²) in [6.45, 7) is 0.340. The third kappa shape index (κ3) is 4.07. The number of alkyl halides is 3. The van der Waals surface area contributed by atoms with E-state index in [0.29, 0.717) is 12.2 Å². The van der Waals surface area contributed by atoms with Crippen molar-refractivity contribution in [3.8, 4) is 6.07 Å². The highest BCUT2D eigenvalue weighted by Crippen LogP contribution is 2.40. The molecule has 1 N–H and O–H groups in total. The SMILES string of the molecule is CN1C[C@@H](C(Nc2ccc(C#N)c(Cl)c2)c2ccccc2C(F)(F)F)CC1=O. The molecule has 1 heterocycles. The van der Waals surface area contributed by atoms with Crippen molar-refractivity contribution in [2.24, 2.45) is 5.92 Å². The largest absolute Gasteiger partial charge is 0.416 e. The zero-order valence-electron chi connectivity index (χ0n) is 14.9. The summed E-state index contributed by atoms with van der Waals surface area (Å²) in [7, 11) is 1.63. The Morgan fingerprint density at radius 2 is 2.00 bits per heavy atom. The van der Waals surface area contributed by atoms with E-state index in [1.807, 2.05) is 6.07 Å². The third-order valence-electron chi connectivity index (χ3n) is 4.86. The van der Waals surface area contributed by atoms with Crippen molar-refractivity contribution in [2.45, 2.75) is 18.6 Å². The van der Waals surface area contributed by atoms with Gasteiger partial charge in [0, 0.05) is 31.6 Å². The maximum Gasteiger partial charge on any atom is 0.416 e. The van der Waals surface area contributed by atoms with Gasteiger partial charge in [0.25, 0.3) is 0 Å². The van der Waals surface area contributed by atoms with Gasteiger partial charge in [0.15, 0.2) is 0 Å². The van der Waals surface area contributed by atoms with Crippen molar-refractivity contribution in [1.82, 2.24) is 4.90 Å². The lowest BCUT2D eigenvalue weighted by atomic mass is 9.88. The highest BCUT2D eigenvalue weighted by molar-refractivity contribution is 6.32. The van der Waals surface area contributed by atoms with E-state index in [0.717, 1.165) is 6.07 Å². The molecular weight excluding hydrogens is 391 g/mol. The average molecular weight is 408 g/mol. The van der Waals surface area contributed by atoms with Crippen LogP contribution < -0.4 is 5.32 Å². The highest BCUT2D eigenvalue weighted by Gasteiger charge is 2.40. The van der Waals surface area contributed by atoms with Crippen molar-refractivity contribution in [1.29, 1.82) is 5.26 Å². The molecule has 0 aromatic heterocycles. The summed E-state index contributed by atoms with van der Waals surface area (Å²) in [4.78, 5) is 13.5. The molecule has 0 spiro atoms. The standard InChI is InChI=1S/C20H17ClF3N3O/c1-27-11-13(8-18(27)28)19(15-4-2-3-5-16(15)20(22,23)24)26-14-7-6-12(10-25)17(21)9-14/h2-7,9,13,19,26H,8,11H2,1H3/t13-,19?/m0/s1. The predicted molar refractivity (Wildman–Crippen MR) is 99.7 cm³/mol. The molecule has 1 aliphatic rings. The normalized spacial score (nSPS) is 18.1. The van der Waals surface area contributed by atoms with Crippen molar-refractivity contribution < 1.29 is 18.0 Å². The molecule has 1 saturated heterocycles.